The molecule has 1 aliphatic rings. The van der Waals surface area contributed by atoms with Gasteiger partial charge in [-0.1, -0.05) is 6.58 Å². The predicted octanol–water partition coefficient (Wildman–Crippen LogP) is 0.966. The molecule has 0 radical (unpaired) electrons. The number of ether oxygens (including phenoxy) is 1. The molecule has 0 aromatic rings. The molecule has 1 fully saturated rings. The van der Waals surface area contributed by atoms with E-state index in [-0.39, 0.29) is 17.9 Å². The van der Waals surface area contributed by atoms with Crippen LogP contribution in [0.1, 0.15) is 32.6 Å². The molecule has 0 saturated heterocycles. The molecule has 1 N–H and O–H groups in total. The molecule has 2 unspecified atom stereocenters. The third kappa shape index (κ3) is 4.87. The maximum absolute atomic E-state index is 11.4. The van der Waals surface area contributed by atoms with Crippen molar-refractivity contribution in [2.45, 2.75) is 44.8 Å². The van der Waals surface area contributed by atoms with Gasteiger partial charge >= 0.3 is 5.97 Å². The van der Waals surface area contributed by atoms with Crippen molar-refractivity contribution in [3.05, 3.63) is 12.7 Å². The molecule has 2 atom stereocenters. The van der Waals surface area contributed by atoms with Crippen LogP contribution in [-0.2, 0) is 19.6 Å². The van der Waals surface area contributed by atoms with Crippen LogP contribution in [0.25, 0.3) is 0 Å². The van der Waals surface area contributed by atoms with E-state index < -0.39 is 16.0 Å². The molecule has 0 spiro atoms. The second kappa shape index (κ2) is 6.16. The average molecular weight is 261 g/mol. The second-order valence-corrected chi connectivity index (χ2v) is 6.19. The first-order valence-electron chi connectivity index (χ1n) is 5.80. The Labute approximate surface area is 102 Å². The van der Waals surface area contributed by atoms with Crippen LogP contribution in [0.15, 0.2) is 12.7 Å². The van der Waals surface area contributed by atoms with Crippen LogP contribution in [0, 0.1) is 0 Å². The quantitative estimate of drug-likeness (QED) is 0.591. The number of carbonyl (C=O) groups excluding carboxylic acids is 1. The highest BCUT2D eigenvalue weighted by Gasteiger charge is 2.26. The Morgan fingerprint density at radius 1 is 1.53 bits per heavy atom. The Morgan fingerprint density at radius 2 is 2.24 bits per heavy atom. The van der Waals surface area contributed by atoms with Crippen LogP contribution in [0.2, 0.25) is 0 Å². The van der Waals surface area contributed by atoms with Gasteiger partial charge < -0.3 is 4.74 Å². The Bertz CT molecular complexity index is 377. The molecule has 5 nitrogen and oxygen atoms in total. The fourth-order valence-corrected chi connectivity index (χ4v) is 2.80. The van der Waals surface area contributed by atoms with Gasteiger partial charge in [0.05, 0.1) is 5.75 Å². The van der Waals surface area contributed by atoms with Crippen molar-refractivity contribution in [2.75, 3.05) is 5.75 Å². The van der Waals surface area contributed by atoms with E-state index in [0.717, 1.165) is 25.3 Å². The summed E-state index contributed by atoms with van der Waals surface area (Å²) in [6, 6.07) is -0.128. The van der Waals surface area contributed by atoms with Crippen molar-refractivity contribution >= 4 is 16.0 Å². The molecule has 0 aliphatic heterocycles. The molecule has 0 aromatic carbocycles. The zero-order valence-electron chi connectivity index (χ0n) is 10.0. The molecule has 1 rings (SSSR count). The average Bonchev–Trinajstić information content (AvgIpc) is 2.29. The third-order valence-corrected chi connectivity index (χ3v) is 4.25. The monoisotopic (exact) mass is 261 g/mol. The molecule has 1 saturated carbocycles. The van der Waals surface area contributed by atoms with Crippen LogP contribution in [0.3, 0.4) is 0 Å². The summed E-state index contributed by atoms with van der Waals surface area (Å²) < 4.78 is 30.6. The summed E-state index contributed by atoms with van der Waals surface area (Å²) in [5.41, 5.74) is 0. The summed E-state index contributed by atoms with van der Waals surface area (Å²) in [7, 11) is -3.19. The van der Waals surface area contributed by atoms with Crippen LogP contribution in [0.4, 0.5) is 0 Å². The van der Waals surface area contributed by atoms with Crippen LogP contribution < -0.4 is 4.72 Å². The molecule has 0 heterocycles. The first-order chi connectivity index (χ1) is 7.96. The summed E-state index contributed by atoms with van der Waals surface area (Å²) in [6.45, 7) is 4.93. The Kier molecular flexibility index (Phi) is 5.14. The lowest BCUT2D eigenvalue weighted by atomic mass is 9.93. The standard InChI is InChI=1S/C11H19NO4S/c1-3-11(13)16-10-7-5-6-9(8-10)12-17(14,15)4-2/h3,9-10,12H,1,4-8H2,2H3. The number of hydrogen-bond acceptors (Lipinski definition) is 4. The van der Waals surface area contributed by atoms with E-state index in [1.54, 1.807) is 6.92 Å². The van der Waals surface area contributed by atoms with E-state index in [1.807, 2.05) is 0 Å². The lowest BCUT2D eigenvalue weighted by Crippen LogP contribution is -2.41. The Balaban J connectivity index is 2.49. The first-order valence-corrected chi connectivity index (χ1v) is 7.45. The maximum atomic E-state index is 11.4. The highest BCUT2D eigenvalue weighted by molar-refractivity contribution is 7.89. The molecule has 6 heteroatoms. The number of rotatable bonds is 5. The van der Waals surface area contributed by atoms with Gasteiger partial charge in [0.15, 0.2) is 0 Å². The van der Waals surface area contributed by atoms with E-state index in [9.17, 15) is 13.2 Å². The van der Waals surface area contributed by atoms with Crippen LogP contribution in [0.5, 0.6) is 0 Å². The van der Waals surface area contributed by atoms with Crippen LogP contribution >= 0.6 is 0 Å². The largest absolute Gasteiger partial charge is 0.459 e. The summed E-state index contributed by atoms with van der Waals surface area (Å²) in [6.07, 6.45) is 3.88. The summed E-state index contributed by atoms with van der Waals surface area (Å²) in [5.74, 6) is -0.380. The van der Waals surface area contributed by atoms with E-state index in [4.69, 9.17) is 4.74 Å². The van der Waals surface area contributed by atoms with Gasteiger partial charge in [-0.2, -0.15) is 0 Å². The lowest BCUT2D eigenvalue weighted by molar-refractivity contribution is -0.144. The molecule has 0 aromatic heterocycles. The fraction of sp³-hybridized carbons (Fsp3) is 0.727. The number of sulfonamides is 1. The van der Waals surface area contributed by atoms with Crippen molar-refractivity contribution < 1.29 is 17.9 Å². The van der Waals surface area contributed by atoms with Gasteiger partial charge in [0.1, 0.15) is 6.10 Å². The summed E-state index contributed by atoms with van der Waals surface area (Å²) in [5, 5.41) is 0. The second-order valence-electron chi connectivity index (χ2n) is 4.15. The molecule has 98 valence electrons. The van der Waals surface area contributed by atoms with Crippen molar-refractivity contribution in [1.29, 1.82) is 0 Å². The van der Waals surface area contributed by atoms with Gasteiger partial charge in [0.2, 0.25) is 10.0 Å². The fourth-order valence-electron chi connectivity index (χ4n) is 1.91. The van der Waals surface area contributed by atoms with E-state index in [0.29, 0.717) is 6.42 Å². The van der Waals surface area contributed by atoms with Crippen molar-refractivity contribution in [1.82, 2.24) is 4.72 Å². The van der Waals surface area contributed by atoms with Crippen molar-refractivity contribution in [3.63, 3.8) is 0 Å². The zero-order chi connectivity index (χ0) is 12.9. The minimum absolute atomic E-state index is 0.0701. The SMILES string of the molecule is C=CC(=O)OC1CCCC(NS(=O)(=O)CC)C1. The number of hydrogen-bond donors (Lipinski definition) is 1. The van der Waals surface area contributed by atoms with Crippen molar-refractivity contribution in [3.8, 4) is 0 Å². The smallest absolute Gasteiger partial charge is 0.330 e. The summed E-state index contributed by atoms with van der Waals surface area (Å²) in [4.78, 5) is 11.0. The van der Waals surface area contributed by atoms with Gasteiger partial charge in [0, 0.05) is 18.5 Å². The van der Waals surface area contributed by atoms with Gasteiger partial charge in [0.25, 0.3) is 0 Å². The Morgan fingerprint density at radius 3 is 2.82 bits per heavy atom. The number of nitrogens with one attached hydrogen (secondary N) is 1. The van der Waals surface area contributed by atoms with Crippen LogP contribution in [-0.4, -0.2) is 32.3 Å². The van der Waals surface area contributed by atoms with E-state index in [2.05, 4.69) is 11.3 Å². The zero-order valence-corrected chi connectivity index (χ0v) is 10.8. The highest BCUT2D eigenvalue weighted by Crippen LogP contribution is 2.22. The molecule has 17 heavy (non-hydrogen) atoms. The van der Waals surface area contributed by atoms with Gasteiger partial charge in [-0.25, -0.2) is 17.9 Å². The minimum atomic E-state index is -3.19. The molecular formula is C11H19NO4S. The number of carbonyl (C=O) groups is 1. The third-order valence-electron chi connectivity index (χ3n) is 2.80. The van der Waals surface area contributed by atoms with Gasteiger partial charge in [-0.15, -0.1) is 0 Å². The topological polar surface area (TPSA) is 72.5 Å². The molecular weight excluding hydrogens is 242 g/mol. The van der Waals surface area contributed by atoms with Gasteiger partial charge in [-0.05, 0) is 26.2 Å². The maximum Gasteiger partial charge on any atom is 0.330 e. The van der Waals surface area contributed by atoms with E-state index in [1.165, 1.54) is 0 Å². The summed E-state index contributed by atoms with van der Waals surface area (Å²) >= 11 is 0. The Hall–Kier alpha value is -0.880. The molecule has 0 amide bonds. The minimum Gasteiger partial charge on any atom is -0.459 e. The predicted molar refractivity (Wildman–Crippen MR) is 64.9 cm³/mol. The lowest BCUT2D eigenvalue weighted by Gasteiger charge is -2.28. The first kappa shape index (κ1) is 14.2. The molecule has 1 aliphatic carbocycles. The number of esters is 1. The van der Waals surface area contributed by atoms with Gasteiger partial charge in [-0.3, -0.25) is 0 Å². The highest BCUT2D eigenvalue weighted by atomic mass is 32.2. The van der Waals surface area contributed by atoms with Crippen molar-refractivity contribution in [2.24, 2.45) is 0 Å². The molecule has 0 bridgehead atoms. The normalized spacial score (nSPS) is 25.2. The van der Waals surface area contributed by atoms with E-state index >= 15 is 0 Å².